The molecule has 3 rings (SSSR count). The van der Waals surface area contributed by atoms with Crippen LogP contribution in [-0.2, 0) is 14.4 Å². The molecule has 0 aromatic carbocycles. The Bertz CT molecular complexity index is 598. The van der Waals surface area contributed by atoms with E-state index in [-0.39, 0.29) is 12.1 Å². The Kier molecular flexibility index (Phi) is 6.88. The highest BCUT2D eigenvalue weighted by atomic mass is 16.7. The van der Waals surface area contributed by atoms with Gasteiger partial charge in [-0.25, -0.2) is 4.98 Å². The molecule has 1 saturated carbocycles. The number of carbonyl (C=O) groups excluding carboxylic acids is 1. The van der Waals surface area contributed by atoms with Crippen LogP contribution < -0.4 is 11.1 Å². The Morgan fingerprint density at radius 1 is 1.44 bits per heavy atom. The van der Waals surface area contributed by atoms with Gasteiger partial charge < -0.3 is 21.0 Å². The SMILES string of the molecule is NCC(=O)O.O=CC1=NOC2(CCC(CNc3ccccn3)CC2)C1. The van der Waals surface area contributed by atoms with Gasteiger partial charge in [-0.05, 0) is 43.7 Å². The number of nitrogens with two attached hydrogens (primary N) is 1. The smallest absolute Gasteiger partial charge is 0.317 e. The van der Waals surface area contributed by atoms with Crippen LogP contribution in [0.2, 0.25) is 0 Å². The first-order chi connectivity index (χ1) is 12.1. The minimum atomic E-state index is -0.968. The van der Waals surface area contributed by atoms with Gasteiger partial charge in [-0.2, -0.15) is 0 Å². The van der Waals surface area contributed by atoms with E-state index in [9.17, 15) is 9.59 Å². The van der Waals surface area contributed by atoms with Crippen LogP contribution >= 0.6 is 0 Å². The van der Waals surface area contributed by atoms with E-state index >= 15 is 0 Å². The number of nitrogens with zero attached hydrogens (tertiary/aromatic N) is 2. The maximum absolute atomic E-state index is 10.7. The number of carboxylic acids is 1. The van der Waals surface area contributed by atoms with E-state index in [4.69, 9.17) is 9.94 Å². The van der Waals surface area contributed by atoms with E-state index in [0.29, 0.717) is 18.1 Å². The standard InChI is InChI=1S/C15H19N3O2.C2H5NO2/c19-11-13-9-15(20-18-13)6-4-12(5-7-15)10-17-14-3-1-2-8-16-14;3-1-2(4)5/h1-3,8,11-12H,4-7,9-10H2,(H,16,17);1,3H2,(H,4,5). The van der Waals surface area contributed by atoms with Gasteiger partial charge in [0.25, 0.3) is 0 Å². The molecule has 0 radical (unpaired) electrons. The van der Waals surface area contributed by atoms with E-state index in [1.165, 1.54) is 0 Å². The molecule has 136 valence electrons. The third-order valence-electron chi connectivity index (χ3n) is 4.42. The lowest BCUT2D eigenvalue weighted by molar-refractivity contribution is -0.135. The van der Waals surface area contributed by atoms with E-state index in [2.05, 4.69) is 21.2 Å². The number of anilines is 1. The molecular weight excluding hydrogens is 324 g/mol. The number of aromatic nitrogens is 1. The molecule has 0 atom stereocenters. The molecule has 0 amide bonds. The molecule has 1 aromatic heterocycles. The predicted molar refractivity (Wildman–Crippen MR) is 93.3 cm³/mol. The Morgan fingerprint density at radius 2 is 2.16 bits per heavy atom. The molecule has 1 aliphatic heterocycles. The van der Waals surface area contributed by atoms with E-state index < -0.39 is 5.97 Å². The van der Waals surface area contributed by atoms with Crippen molar-refractivity contribution in [2.24, 2.45) is 16.8 Å². The fraction of sp³-hybridized carbons (Fsp3) is 0.529. The molecule has 4 N–H and O–H groups in total. The summed E-state index contributed by atoms with van der Waals surface area (Å²) in [5, 5.41) is 14.8. The van der Waals surface area contributed by atoms with Crippen molar-refractivity contribution >= 4 is 23.8 Å². The van der Waals surface area contributed by atoms with Gasteiger partial charge in [0, 0.05) is 19.2 Å². The van der Waals surface area contributed by atoms with Crippen molar-refractivity contribution in [3.63, 3.8) is 0 Å². The van der Waals surface area contributed by atoms with Crippen LogP contribution in [0.3, 0.4) is 0 Å². The Morgan fingerprint density at radius 3 is 2.68 bits per heavy atom. The monoisotopic (exact) mass is 348 g/mol. The molecule has 25 heavy (non-hydrogen) atoms. The second-order valence-electron chi connectivity index (χ2n) is 6.29. The number of hydrogen-bond acceptors (Lipinski definition) is 7. The molecule has 0 saturated heterocycles. The van der Waals surface area contributed by atoms with Gasteiger partial charge in [0.2, 0.25) is 0 Å². The van der Waals surface area contributed by atoms with Crippen molar-refractivity contribution in [1.82, 2.24) is 4.98 Å². The maximum atomic E-state index is 10.7. The van der Waals surface area contributed by atoms with Crippen LogP contribution in [0.5, 0.6) is 0 Å². The highest BCUT2D eigenvalue weighted by Gasteiger charge is 2.42. The lowest BCUT2D eigenvalue weighted by Gasteiger charge is -2.34. The first-order valence-corrected chi connectivity index (χ1v) is 8.34. The number of rotatable bonds is 5. The summed E-state index contributed by atoms with van der Waals surface area (Å²) in [6, 6.07) is 5.88. The first kappa shape index (κ1) is 18.9. The van der Waals surface area contributed by atoms with Gasteiger partial charge >= 0.3 is 5.97 Å². The number of pyridine rings is 1. The molecule has 0 unspecified atom stereocenters. The summed E-state index contributed by atoms with van der Waals surface area (Å²) >= 11 is 0. The summed E-state index contributed by atoms with van der Waals surface area (Å²) in [4.78, 5) is 29.8. The number of hydrogen-bond donors (Lipinski definition) is 3. The van der Waals surface area contributed by atoms with Gasteiger partial charge in [-0.15, -0.1) is 0 Å². The zero-order valence-electron chi connectivity index (χ0n) is 14.1. The van der Waals surface area contributed by atoms with E-state index in [0.717, 1.165) is 44.3 Å². The molecule has 2 aliphatic rings. The molecular formula is C17H24N4O4. The summed E-state index contributed by atoms with van der Waals surface area (Å²) in [6.07, 6.45) is 7.43. The zero-order chi connectivity index (χ0) is 18.1. The zero-order valence-corrected chi connectivity index (χ0v) is 14.1. The second-order valence-corrected chi connectivity index (χ2v) is 6.29. The fourth-order valence-electron chi connectivity index (χ4n) is 3.01. The van der Waals surface area contributed by atoms with Crippen molar-refractivity contribution in [3.8, 4) is 0 Å². The fourth-order valence-corrected chi connectivity index (χ4v) is 3.01. The van der Waals surface area contributed by atoms with Crippen molar-refractivity contribution in [2.45, 2.75) is 37.7 Å². The predicted octanol–water partition coefficient (Wildman–Crippen LogP) is 1.43. The minimum Gasteiger partial charge on any atom is -0.480 e. The van der Waals surface area contributed by atoms with Crippen LogP contribution in [0.1, 0.15) is 32.1 Å². The molecule has 0 bridgehead atoms. The summed E-state index contributed by atoms with van der Waals surface area (Å²) in [6.45, 7) is 0.661. The molecule has 2 heterocycles. The summed E-state index contributed by atoms with van der Waals surface area (Å²) < 4.78 is 0. The second kappa shape index (κ2) is 9.12. The van der Waals surface area contributed by atoms with Gasteiger partial charge in [0.1, 0.15) is 17.1 Å². The largest absolute Gasteiger partial charge is 0.480 e. The van der Waals surface area contributed by atoms with Crippen molar-refractivity contribution in [3.05, 3.63) is 24.4 Å². The number of aliphatic carboxylic acids is 1. The lowest BCUT2D eigenvalue weighted by Crippen LogP contribution is -2.36. The Labute approximate surface area is 146 Å². The topological polar surface area (TPSA) is 127 Å². The molecule has 8 heteroatoms. The lowest BCUT2D eigenvalue weighted by atomic mass is 9.76. The average molecular weight is 348 g/mol. The molecule has 1 aromatic rings. The van der Waals surface area contributed by atoms with Crippen LogP contribution in [0.25, 0.3) is 0 Å². The molecule has 1 fully saturated rings. The summed E-state index contributed by atoms with van der Waals surface area (Å²) in [5.41, 5.74) is 4.93. The Hall–Kier alpha value is -2.48. The quantitative estimate of drug-likeness (QED) is 0.687. The summed E-state index contributed by atoms with van der Waals surface area (Å²) in [5.74, 6) is 0.591. The maximum Gasteiger partial charge on any atom is 0.317 e. The number of carboxylic acid groups (broad SMARTS) is 1. The number of nitrogens with one attached hydrogen (secondary N) is 1. The van der Waals surface area contributed by atoms with Gasteiger partial charge in [0.05, 0.1) is 6.54 Å². The third-order valence-corrected chi connectivity index (χ3v) is 4.42. The molecule has 1 spiro atoms. The normalized spacial score (nSPS) is 24.5. The van der Waals surface area contributed by atoms with Gasteiger partial charge in [-0.1, -0.05) is 11.2 Å². The number of carbonyl (C=O) groups is 2. The van der Waals surface area contributed by atoms with Crippen molar-refractivity contribution < 1.29 is 19.5 Å². The minimum absolute atomic E-state index is 0.197. The van der Waals surface area contributed by atoms with Crippen LogP contribution in [-0.4, -0.2) is 46.7 Å². The summed E-state index contributed by atoms with van der Waals surface area (Å²) in [7, 11) is 0. The Balaban J connectivity index is 0.000000399. The van der Waals surface area contributed by atoms with Crippen LogP contribution in [0.15, 0.2) is 29.6 Å². The average Bonchev–Trinajstić information content (AvgIpc) is 3.05. The van der Waals surface area contributed by atoms with Crippen molar-refractivity contribution in [1.29, 1.82) is 0 Å². The van der Waals surface area contributed by atoms with E-state index in [1.54, 1.807) is 6.20 Å². The van der Waals surface area contributed by atoms with Crippen molar-refractivity contribution in [2.75, 3.05) is 18.4 Å². The number of aldehydes is 1. The van der Waals surface area contributed by atoms with Crippen LogP contribution in [0.4, 0.5) is 5.82 Å². The molecule has 1 aliphatic carbocycles. The van der Waals surface area contributed by atoms with Crippen LogP contribution in [0, 0.1) is 5.92 Å². The number of oxime groups is 1. The van der Waals surface area contributed by atoms with Gasteiger partial charge in [0.15, 0.2) is 6.29 Å². The van der Waals surface area contributed by atoms with E-state index in [1.807, 2.05) is 18.2 Å². The highest BCUT2D eigenvalue weighted by Crippen LogP contribution is 2.40. The molecule has 8 nitrogen and oxygen atoms in total. The highest BCUT2D eigenvalue weighted by molar-refractivity contribution is 6.28. The third kappa shape index (κ3) is 5.82. The first-order valence-electron chi connectivity index (χ1n) is 8.34. The van der Waals surface area contributed by atoms with Gasteiger partial charge in [-0.3, -0.25) is 9.59 Å².